The minimum Gasteiger partial charge on any atom is -0.494 e. The van der Waals surface area contributed by atoms with Crippen molar-refractivity contribution in [3.8, 4) is 16.9 Å². The van der Waals surface area contributed by atoms with Crippen molar-refractivity contribution in [3.63, 3.8) is 0 Å². The molecule has 0 aromatic heterocycles. The minimum absolute atomic E-state index is 0.836. The predicted molar refractivity (Wildman–Crippen MR) is 41.2 cm³/mol. The van der Waals surface area contributed by atoms with Gasteiger partial charge in [-0.1, -0.05) is 6.92 Å². The summed E-state index contributed by atoms with van der Waals surface area (Å²) in [5.41, 5.74) is 2.71. The van der Waals surface area contributed by atoms with Crippen LogP contribution >= 0.6 is 0 Å². The van der Waals surface area contributed by atoms with E-state index in [1.807, 2.05) is 0 Å². The quantitative estimate of drug-likeness (QED) is 0.626. The van der Waals surface area contributed by atoms with Gasteiger partial charge < -0.3 is 4.74 Å². The molecule has 2 rings (SSSR count). The molecule has 2 aliphatic rings. The number of ether oxygens (including phenoxy) is 1. The summed E-state index contributed by atoms with van der Waals surface area (Å²) in [5, 5.41) is 0. The average molecular weight is 134 g/mol. The molecular weight excluding hydrogens is 124 g/mol. The largest absolute Gasteiger partial charge is 0.494 e. The zero-order valence-electron chi connectivity index (χ0n) is 6.05. The molecule has 0 fully saturated rings. The highest BCUT2D eigenvalue weighted by Gasteiger charge is 2.14. The first-order valence-electron chi connectivity index (χ1n) is 3.68. The molecule has 0 unspecified atom stereocenters. The van der Waals surface area contributed by atoms with Crippen LogP contribution < -0.4 is 4.74 Å². The first-order valence-corrected chi connectivity index (χ1v) is 3.68. The highest BCUT2D eigenvalue weighted by atomic mass is 16.5. The third kappa shape index (κ3) is 0.878. The van der Waals surface area contributed by atoms with Crippen LogP contribution in [0.4, 0.5) is 0 Å². The van der Waals surface area contributed by atoms with Crippen LogP contribution in [0.2, 0.25) is 0 Å². The monoisotopic (exact) mass is 134 g/mol. The van der Waals surface area contributed by atoms with Gasteiger partial charge in [0.15, 0.2) is 0 Å². The molecule has 0 aromatic rings. The molecule has 0 spiro atoms. The van der Waals surface area contributed by atoms with Crippen LogP contribution in [0.15, 0.2) is 18.2 Å². The fourth-order valence-corrected chi connectivity index (χ4v) is 1.03. The summed E-state index contributed by atoms with van der Waals surface area (Å²) in [4.78, 5) is 0. The van der Waals surface area contributed by atoms with Gasteiger partial charge in [-0.25, -0.2) is 0 Å². The summed E-state index contributed by atoms with van der Waals surface area (Å²) in [7, 11) is 0. The zero-order chi connectivity index (χ0) is 6.97. The molecule has 0 aliphatic heterocycles. The van der Waals surface area contributed by atoms with Crippen LogP contribution in [0, 0.1) is 0 Å². The van der Waals surface area contributed by atoms with Gasteiger partial charge >= 0.3 is 0 Å². The van der Waals surface area contributed by atoms with Crippen molar-refractivity contribution in [2.75, 3.05) is 6.61 Å². The Labute approximate surface area is 60.6 Å². The maximum absolute atomic E-state index is 5.40. The number of rotatable bonds is 3. The fourth-order valence-electron chi connectivity index (χ4n) is 1.03. The van der Waals surface area contributed by atoms with Gasteiger partial charge in [0.05, 0.1) is 6.61 Å². The van der Waals surface area contributed by atoms with Gasteiger partial charge in [-0.05, 0) is 35.7 Å². The van der Waals surface area contributed by atoms with Crippen molar-refractivity contribution in [1.29, 1.82) is 0 Å². The smallest absolute Gasteiger partial charge is 0.120 e. The SMILES string of the molecule is CCCOc1cc2cc-2c1. The predicted octanol–water partition coefficient (Wildman–Crippen LogP) is 2.46. The molecular formula is C9H10O. The van der Waals surface area contributed by atoms with Crippen LogP contribution in [0.1, 0.15) is 13.3 Å². The van der Waals surface area contributed by atoms with E-state index in [2.05, 4.69) is 25.1 Å². The summed E-state index contributed by atoms with van der Waals surface area (Å²) in [6, 6.07) is 6.33. The van der Waals surface area contributed by atoms with Gasteiger partial charge in [-0.2, -0.15) is 0 Å². The van der Waals surface area contributed by atoms with E-state index in [1.54, 1.807) is 0 Å². The lowest BCUT2D eigenvalue weighted by Gasteiger charge is -1.98. The molecule has 0 N–H and O–H groups in total. The molecule has 0 atom stereocenters. The van der Waals surface area contributed by atoms with E-state index < -0.39 is 0 Å². The number of fused-ring (bicyclic) bond motifs is 1. The molecule has 10 heavy (non-hydrogen) atoms. The average Bonchev–Trinajstić information content (AvgIpc) is 2.56. The molecule has 2 aliphatic carbocycles. The van der Waals surface area contributed by atoms with Crippen LogP contribution in [-0.2, 0) is 0 Å². The van der Waals surface area contributed by atoms with Gasteiger partial charge in [-0.3, -0.25) is 0 Å². The lowest BCUT2D eigenvalue weighted by molar-refractivity contribution is 0.318. The third-order valence-electron chi connectivity index (χ3n) is 1.63. The van der Waals surface area contributed by atoms with Crippen LogP contribution in [-0.4, -0.2) is 6.61 Å². The Morgan fingerprint density at radius 3 is 2.50 bits per heavy atom. The normalized spacial score (nSPS) is 11.3. The van der Waals surface area contributed by atoms with Crippen LogP contribution in [0.3, 0.4) is 0 Å². The molecule has 0 bridgehead atoms. The Morgan fingerprint density at radius 1 is 1.20 bits per heavy atom. The second-order valence-corrected chi connectivity index (χ2v) is 2.59. The Hall–Kier alpha value is -0.980. The van der Waals surface area contributed by atoms with Crippen molar-refractivity contribution in [3.05, 3.63) is 18.2 Å². The number of benzene rings is 1. The molecule has 0 saturated heterocycles. The summed E-state index contributed by atoms with van der Waals surface area (Å²) < 4.78 is 5.40. The summed E-state index contributed by atoms with van der Waals surface area (Å²) in [6.45, 7) is 2.95. The maximum atomic E-state index is 5.40. The maximum Gasteiger partial charge on any atom is 0.120 e. The molecule has 1 nitrogen and oxygen atoms in total. The van der Waals surface area contributed by atoms with Gasteiger partial charge in [0.2, 0.25) is 0 Å². The lowest BCUT2D eigenvalue weighted by atomic mass is 10.5. The summed E-state index contributed by atoms with van der Waals surface area (Å²) in [6.07, 6.45) is 1.08. The lowest BCUT2D eigenvalue weighted by Crippen LogP contribution is -1.92. The van der Waals surface area contributed by atoms with E-state index in [0.717, 1.165) is 18.8 Å². The molecule has 0 saturated carbocycles. The van der Waals surface area contributed by atoms with E-state index in [1.165, 1.54) is 11.1 Å². The van der Waals surface area contributed by atoms with E-state index >= 15 is 0 Å². The van der Waals surface area contributed by atoms with Crippen molar-refractivity contribution in [1.82, 2.24) is 0 Å². The Bertz CT molecular complexity index is 233. The summed E-state index contributed by atoms with van der Waals surface area (Å²) in [5.74, 6) is 1.04. The molecule has 0 amide bonds. The third-order valence-corrected chi connectivity index (χ3v) is 1.63. The first kappa shape index (κ1) is 5.78. The van der Waals surface area contributed by atoms with Crippen molar-refractivity contribution < 1.29 is 4.74 Å². The minimum atomic E-state index is 0.836. The second kappa shape index (κ2) is 2.01. The fraction of sp³-hybridized carbons (Fsp3) is 0.333. The molecule has 0 heterocycles. The number of hydrogen-bond acceptors (Lipinski definition) is 1. The van der Waals surface area contributed by atoms with Crippen molar-refractivity contribution >= 4 is 0 Å². The molecule has 0 radical (unpaired) electrons. The van der Waals surface area contributed by atoms with E-state index in [9.17, 15) is 0 Å². The number of hydrogen-bond donors (Lipinski definition) is 0. The highest BCUT2D eigenvalue weighted by Crippen LogP contribution is 2.39. The van der Waals surface area contributed by atoms with Gasteiger partial charge in [0.25, 0.3) is 0 Å². The molecule has 0 aromatic carbocycles. The zero-order valence-corrected chi connectivity index (χ0v) is 6.05. The van der Waals surface area contributed by atoms with Crippen molar-refractivity contribution in [2.24, 2.45) is 0 Å². The first-order chi connectivity index (χ1) is 4.90. The van der Waals surface area contributed by atoms with Gasteiger partial charge in [0.1, 0.15) is 5.75 Å². The van der Waals surface area contributed by atoms with E-state index in [4.69, 9.17) is 4.74 Å². The Morgan fingerprint density at radius 2 is 1.90 bits per heavy atom. The van der Waals surface area contributed by atoms with Gasteiger partial charge in [0, 0.05) is 0 Å². The van der Waals surface area contributed by atoms with E-state index in [0.29, 0.717) is 0 Å². The van der Waals surface area contributed by atoms with Gasteiger partial charge in [-0.15, -0.1) is 0 Å². The standard InChI is InChI=1S/C9H10O/c1-2-3-10-9-5-7-4-8(7)6-9/h4-6H,2-3H2,1H3. The molecule has 1 heteroatoms. The Balaban J connectivity index is 1.98. The van der Waals surface area contributed by atoms with E-state index in [-0.39, 0.29) is 0 Å². The Kier molecular flexibility index (Phi) is 1.16. The second-order valence-electron chi connectivity index (χ2n) is 2.59. The summed E-state index contributed by atoms with van der Waals surface area (Å²) >= 11 is 0. The van der Waals surface area contributed by atoms with Crippen LogP contribution in [0.5, 0.6) is 5.75 Å². The topological polar surface area (TPSA) is 9.23 Å². The van der Waals surface area contributed by atoms with Crippen LogP contribution in [0.25, 0.3) is 11.1 Å². The van der Waals surface area contributed by atoms with Crippen molar-refractivity contribution in [2.45, 2.75) is 13.3 Å². The highest BCUT2D eigenvalue weighted by molar-refractivity contribution is 5.83. The molecule has 52 valence electrons.